The molecule has 0 spiro atoms. The van der Waals surface area contributed by atoms with Crippen molar-refractivity contribution in [1.82, 2.24) is 0 Å². The Bertz CT molecular complexity index is 1610. The van der Waals surface area contributed by atoms with Crippen LogP contribution in [0.15, 0.2) is 63.9 Å². The zero-order valence-corrected chi connectivity index (χ0v) is 23.2. The van der Waals surface area contributed by atoms with Gasteiger partial charge in [-0.15, -0.1) is 0 Å². The molecule has 1 amide bonds. The number of benzene rings is 3. The van der Waals surface area contributed by atoms with Crippen LogP contribution < -0.4 is 15.2 Å². The van der Waals surface area contributed by atoms with Crippen molar-refractivity contribution in [3.63, 3.8) is 0 Å². The van der Waals surface area contributed by atoms with Crippen molar-refractivity contribution in [3.8, 4) is 11.8 Å². The van der Waals surface area contributed by atoms with Gasteiger partial charge in [-0.1, -0.05) is 36.5 Å². The van der Waals surface area contributed by atoms with Gasteiger partial charge < -0.3 is 15.2 Å². The molecule has 0 radical (unpaired) electrons. The molecule has 3 aromatic carbocycles. The molecule has 0 aliphatic heterocycles. The molecule has 1 N–H and O–H groups in total. The van der Waals surface area contributed by atoms with E-state index in [2.05, 4.69) is 9.71 Å². The molecule has 3 rings (SSSR count). The molecular formula is C27H22Cl2N3O6S-. The molecule has 0 saturated heterocycles. The number of carbonyl (C=O) groups excluding carboxylic acids is 2. The fourth-order valence-corrected chi connectivity index (χ4v) is 4.90. The summed E-state index contributed by atoms with van der Waals surface area (Å²) in [5, 5.41) is 23.9. The van der Waals surface area contributed by atoms with Crippen LogP contribution in [-0.4, -0.2) is 32.6 Å². The quantitative estimate of drug-likeness (QED) is 0.206. The van der Waals surface area contributed by atoms with Gasteiger partial charge in [-0.3, -0.25) is 9.59 Å². The predicted octanol–water partition coefficient (Wildman–Crippen LogP) is 4.67. The number of sulfonamides is 1. The Kier molecular flexibility index (Phi) is 9.70. The van der Waals surface area contributed by atoms with E-state index in [1.807, 2.05) is 6.07 Å². The molecule has 0 saturated carbocycles. The van der Waals surface area contributed by atoms with E-state index in [4.69, 9.17) is 27.9 Å². The van der Waals surface area contributed by atoms with E-state index in [0.717, 1.165) is 0 Å². The van der Waals surface area contributed by atoms with Gasteiger partial charge in [0.25, 0.3) is 15.9 Å². The molecule has 0 unspecified atom stereocenters. The van der Waals surface area contributed by atoms with Crippen molar-refractivity contribution in [2.24, 2.45) is 4.40 Å². The molecule has 0 aliphatic rings. The minimum atomic E-state index is -4.17. The molecule has 202 valence electrons. The van der Waals surface area contributed by atoms with Crippen LogP contribution in [0.2, 0.25) is 10.0 Å². The molecule has 0 bridgehead atoms. The van der Waals surface area contributed by atoms with E-state index in [9.17, 15) is 28.4 Å². The number of hydrogen-bond acceptors (Lipinski definition) is 7. The predicted molar refractivity (Wildman–Crippen MR) is 146 cm³/mol. The maximum absolute atomic E-state index is 13.2. The lowest BCUT2D eigenvalue weighted by Gasteiger charge is -2.14. The lowest BCUT2D eigenvalue weighted by Crippen LogP contribution is -2.21. The molecule has 12 heteroatoms. The van der Waals surface area contributed by atoms with E-state index in [1.165, 1.54) is 54.6 Å². The van der Waals surface area contributed by atoms with Gasteiger partial charge in [0, 0.05) is 21.3 Å². The van der Waals surface area contributed by atoms with Crippen LogP contribution in [0.5, 0.6) is 5.75 Å². The summed E-state index contributed by atoms with van der Waals surface area (Å²) in [5.41, 5.74) is 1.14. The van der Waals surface area contributed by atoms with Crippen LogP contribution in [0.25, 0.3) is 0 Å². The van der Waals surface area contributed by atoms with Crippen LogP contribution in [0, 0.1) is 18.3 Å². The van der Waals surface area contributed by atoms with Crippen LogP contribution >= 0.6 is 23.2 Å². The first-order chi connectivity index (χ1) is 18.4. The fraction of sp³-hybridized carbons (Fsp3) is 0.185. The minimum Gasteiger partial charge on any atom is -0.861 e. The summed E-state index contributed by atoms with van der Waals surface area (Å²) in [5.74, 6) is -1.75. The largest absolute Gasteiger partial charge is 0.861 e. The number of halogens is 2. The Hall–Kier alpha value is -3.91. The van der Waals surface area contributed by atoms with Crippen molar-refractivity contribution in [2.45, 2.75) is 31.6 Å². The van der Waals surface area contributed by atoms with Gasteiger partial charge >= 0.3 is 0 Å². The van der Waals surface area contributed by atoms with E-state index in [0.29, 0.717) is 17.7 Å². The SMILES string of the molecule is CCC/C([O-])=N/S(=O)(=O)c1ccc(NC(=O)COc2ccc(Cl)cc2C(=O)c2cc(Cl)cc(C#N)c2)c(C)c1. The highest BCUT2D eigenvalue weighted by atomic mass is 35.5. The highest BCUT2D eigenvalue weighted by Gasteiger charge is 2.19. The number of nitrogens with zero attached hydrogens (tertiary/aromatic N) is 2. The first-order valence-electron chi connectivity index (χ1n) is 11.5. The zero-order chi connectivity index (χ0) is 28.7. The van der Waals surface area contributed by atoms with Crippen molar-refractivity contribution < 1.29 is 27.9 Å². The highest BCUT2D eigenvalue weighted by Crippen LogP contribution is 2.27. The Balaban J connectivity index is 1.75. The van der Waals surface area contributed by atoms with Crippen LogP contribution in [0.3, 0.4) is 0 Å². The van der Waals surface area contributed by atoms with Crippen LogP contribution in [0.4, 0.5) is 5.69 Å². The van der Waals surface area contributed by atoms with E-state index >= 15 is 0 Å². The summed E-state index contributed by atoms with van der Waals surface area (Å²) in [6.07, 6.45) is 0.492. The molecule has 0 fully saturated rings. The smallest absolute Gasteiger partial charge is 0.281 e. The highest BCUT2D eigenvalue weighted by molar-refractivity contribution is 7.90. The van der Waals surface area contributed by atoms with E-state index < -0.39 is 34.2 Å². The van der Waals surface area contributed by atoms with Gasteiger partial charge in [-0.2, -0.15) is 18.1 Å². The first kappa shape index (κ1) is 29.6. The monoisotopic (exact) mass is 586 g/mol. The Morgan fingerprint density at radius 1 is 1.08 bits per heavy atom. The molecule has 3 aromatic rings. The second-order valence-electron chi connectivity index (χ2n) is 8.33. The van der Waals surface area contributed by atoms with Crippen molar-refractivity contribution in [1.29, 1.82) is 5.26 Å². The minimum absolute atomic E-state index is 0.0211. The molecule has 0 aromatic heterocycles. The third-order valence-corrected chi connectivity index (χ3v) is 7.04. The Morgan fingerprint density at radius 3 is 2.49 bits per heavy atom. The Labute approximate surface area is 235 Å². The summed E-state index contributed by atoms with van der Waals surface area (Å²) < 4.78 is 33.6. The number of ether oxygens (including phenoxy) is 1. The molecular weight excluding hydrogens is 565 g/mol. The number of nitrogens with one attached hydrogen (secondary N) is 1. The average Bonchev–Trinajstić information content (AvgIpc) is 2.88. The average molecular weight is 587 g/mol. The van der Waals surface area contributed by atoms with Crippen molar-refractivity contribution in [2.75, 3.05) is 11.9 Å². The number of nitriles is 1. The number of hydrogen-bond donors (Lipinski definition) is 1. The fourth-order valence-electron chi connectivity index (χ4n) is 3.46. The van der Waals surface area contributed by atoms with Crippen molar-refractivity contribution in [3.05, 3.63) is 86.9 Å². The number of aryl methyl sites for hydroxylation is 1. The van der Waals surface area contributed by atoms with Crippen molar-refractivity contribution >= 4 is 56.5 Å². The Morgan fingerprint density at radius 2 is 1.82 bits per heavy atom. The molecule has 9 nitrogen and oxygen atoms in total. The maximum Gasteiger partial charge on any atom is 0.281 e. The van der Waals surface area contributed by atoms with E-state index in [1.54, 1.807) is 13.8 Å². The third-order valence-electron chi connectivity index (χ3n) is 5.29. The summed E-state index contributed by atoms with van der Waals surface area (Å²) in [4.78, 5) is 25.6. The van der Waals surface area contributed by atoms with Crippen LogP contribution in [0.1, 0.15) is 46.8 Å². The van der Waals surface area contributed by atoms with Crippen LogP contribution in [-0.2, 0) is 14.8 Å². The molecule has 0 atom stereocenters. The van der Waals surface area contributed by atoms with Gasteiger partial charge in [0.1, 0.15) is 5.75 Å². The number of ketones is 1. The lowest BCUT2D eigenvalue weighted by atomic mass is 10.0. The second-order valence-corrected chi connectivity index (χ2v) is 10.8. The molecule has 0 aliphatic carbocycles. The third kappa shape index (κ3) is 7.80. The summed E-state index contributed by atoms with van der Waals surface area (Å²) >= 11 is 12.1. The first-order valence-corrected chi connectivity index (χ1v) is 13.7. The number of amides is 1. The maximum atomic E-state index is 13.2. The van der Waals surface area contributed by atoms with Gasteiger partial charge in [0.2, 0.25) is 0 Å². The van der Waals surface area contributed by atoms with E-state index in [-0.39, 0.29) is 43.8 Å². The normalized spacial score (nSPS) is 11.5. The molecule has 39 heavy (non-hydrogen) atoms. The summed E-state index contributed by atoms with van der Waals surface area (Å²) in [7, 11) is -4.17. The van der Waals surface area contributed by atoms with Gasteiger partial charge in [-0.05, 0) is 79.4 Å². The van der Waals surface area contributed by atoms with Gasteiger partial charge in [0.15, 0.2) is 12.4 Å². The summed E-state index contributed by atoms with van der Waals surface area (Å²) in [6, 6.07) is 14.4. The zero-order valence-electron chi connectivity index (χ0n) is 20.8. The number of carbonyl (C=O) groups is 2. The second kappa shape index (κ2) is 12.8. The standard InChI is InChI=1S/C27H23Cl2N3O6S/c1-3-4-25(33)32-39(36,37)21-6-7-23(16(2)9-21)31-26(34)15-38-24-8-5-19(28)13-22(24)27(35)18-10-17(14-30)11-20(29)12-18/h5-13H,3-4,15H2,1-2H3,(H,31,34)(H,32,33)/p-1. The number of anilines is 1. The molecule has 0 heterocycles. The topological polar surface area (TPSA) is 149 Å². The number of rotatable bonds is 10. The van der Waals surface area contributed by atoms with Gasteiger partial charge in [-0.25, -0.2) is 0 Å². The lowest BCUT2D eigenvalue weighted by molar-refractivity contribution is -0.218. The van der Waals surface area contributed by atoms with Gasteiger partial charge in [0.05, 0.1) is 22.1 Å². The summed E-state index contributed by atoms with van der Waals surface area (Å²) in [6.45, 7) is 2.84.